The molecule has 1 aromatic heterocycles. The molecule has 2 aromatic rings. The molecule has 20 heavy (non-hydrogen) atoms. The average Bonchev–Trinajstić information content (AvgIpc) is 2.83. The molecule has 106 valence electrons. The molecule has 0 fully saturated rings. The number of aryl methyl sites for hydroxylation is 1. The highest BCUT2D eigenvalue weighted by atomic mass is 16.6. The van der Waals surface area contributed by atoms with Crippen molar-refractivity contribution in [3.63, 3.8) is 0 Å². The van der Waals surface area contributed by atoms with Crippen molar-refractivity contribution < 1.29 is 13.9 Å². The van der Waals surface area contributed by atoms with Crippen LogP contribution in [0.3, 0.4) is 0 Å². The van der Waals surface area contributed by atoms with Gasteiger partial charge < -0.3 is 24.5 Å². The van der Waals surface area contributed by atoms with E-state index >= 15 is 0 Å². The lowest BCUT2D eigenvalue weighted by Crippen LogP contribution is -2.20. The summed E-state index contributed by atoms with van der Waals surface area (Å²) in [7, 11) is 1.97. The van der Waals surface area contributed by atoms with Gasteiger partial charge in [0.25, 0.3) is 0 Å². The molecule has 2 N–H and O–H groups in total. The van der Waals surface area contributed by atoms with Crippen molar-refractivity contribution in [1.82, 2.24) is 0 Å². The van der Waals surface area contributed by atoms with Crippen molar-refractivity contribution in [3.8, 4) is 11.5 Å². The minimum Gasteiger partial charge on any atom is -0.486 e. The highest BCUT2D eigenvalue weighted by molar-refractivity contribution is 5.73. The fourth-order valence-corrected chi connectivity index (χ4v) is 2.31. The molecular weight excluding hydrogens is 256 g/mol. The third-order valence-corrected chi connectivity index (χ3v) is 3.29. The second-order valence-electron chi connectivity index (χ2n) is 4.92. The van der Waals surface area contributed by atoms with Crippen LogP contribution in [0.5, 0.6) is 11.5 Å². The Morgan fingerprint density at radius 3 is 2.50 bits per heavy atom. The summed E-state index contributed by atoms with van der Waals surface area (Å²) in [6, 6.07) is 7.66. The Morgan fingerprint density at radius 1 is 1.15 bits per heavy atom. The summed E-state index contributed by atoms with van der Waals surface area (Å²) in [5, 5.41) is 0. The van der Waals surface area contributed by atoms with E-state index in [0.29, 0.717) is 31.2 Å². The summed E-state index contributed by atoms with van der Waals surface area (Å²) in [5.41, 5.74) is 7.67. The molecule has 3 rings (SSSR count). The van der Waals surface area contributed by atoms with E-state index in [4.69, 9.17) is 19.6 Å². The second-order valence-corrected chi connectivity index (χ2v) is 4.92. The standard InChI is InChI=1S/C15H18N2O3/c1-10-3-4-11(20-10)9-17(2)13-8-15-14(7-12(13)16)18-5-6-19-15/h3-4,7-8H,5-6,9,16H2,1-2H3. The zero-order valence-electron chi connectivity index (χ0n) is 11.7. The van der Waals surface area contributed by atoms with Crippen LogP contribution in [0.15, 0.2) is 28.7 Å². The highest BCUT2D eigenvalue weighted by Gasteiger charge is 2.17. The van der Waals surface area contributed by atoms with Gasteiger partial charge in [-0.1, -0.05) is 0 Å². The smallest absolute Gasteiger partial charge is 0.163 e. The predicted molar refractivity (Wildman–Crippen MR) is 77.4 cm³/mol. The number of fused-ring (bicyclic) bond motifs is 1. The molecule has 0 spiro atoms. The molecule has 0 atom stereocenters. The number of hydrogen-bond donors (Lipinski definition) is 1. The van der Waals surface area contributed by atoms with Gasteiger partial charge in [0.15, 0.2) is 11.5 Å². The van der Waals surface area contributed by atoms with Crippen LogP contribution in [0.4, 0.5) is 11.4 Å². The molecule has 0 unspecified atom stereocenters. The molecule has 0 bridgehead atoms. The Hall–Kier alpha value is -2.30. The Balaban J connectivity index is 1.85. The molecule has 0 radical (unpaired) electrons. The number of benzene rings is 1. The van der Waals surface area contributed by atoms with Gasteiger partial charge in [0, 0.05) is 19.2 Å². The van der Waals surface area contributed by atoms with Crippen LogP contribution in [0, 0.1) is 6.92 Å². The number of hydrogen-bond acceptors (Lipinski definition) is 5. The van der Waals surface area contributed by atoms with E-state index in [1.807, 2.05) is 43.1 Å². The van der Waals surface area contributed by atoms with E-state index in [0.717, 1.165) is 23.0 Å². The Kier molecular flexibility index (Phi) is 3.18. The minimum atomic E-state index is 0.563. The van der Waals surface area contributed by atoms with Gasteiger partial charge in [-0.3, -0.25) is 0 Å². The fraction of sp³-hybridized carbons (Fsp3) is 0.333. The van der Waals surface area contributed by atoms with Gasteiger partial charge >= 0.3 is 0 Å². The molecule has 1 aliphatic rings. The maximum Gasteiger partial charge on any atom is 0.163 e. The van der Waals surface area contributed by atoms with Crippen LogP contribution in [0.2, 0.25) is 0 Å². The van der Waals surface area contributed by atoms with Crippen molar-refractivity contribution in [1.29, 1.82) is 0 Å². The normalized spacial score (nSPS) is 13.3. The van der Waals surface area contributed by atoms with Crippen molar-refractivity contribution in [2.75, 3.05) is 30.9 Å². The van der Waals surface area contributed by atoms with Crippen molar-refractivity contribution in [2.24, 2.45) is 0 Å². The van der Waals surface area contributed by atoms with Gasteiger partial charge in [-0.25, -0.2) is 0 Å². The van der Waals surface area contributed by atoms with Gasteiger partial charge in [-0.05, 0) is 19.1 Å². The molecule has 1 aliphatic heterocycles. The zero-order valence-corrected chi connectivity index (χ0v) is 11.7. The monoisotopic (exact) mass is 274 g/mol. The first-order valence-electron chi connectivity index (χ1n) is 6.59. The molecule has 0 amide bonds. The third-order valence-electron chi connectivity index (χ3n) is 3.29. The Labute approximate surface area is 117 Å². The van der Waals surface area contributed by atoms with Crippen molar-refractivity contribution in [3.05, 3.63) is 35.8 Å². The van der Waals surface area contributed by atoms with Gasteiger partial charge in [-0.15, -0.1) is 0 Å². The molecule has 2 heterocycles. The zero-order chi connectivity index (χ0) is 14.1. The number of nitrogens with zero attached hydrogens (tertiary/aromatic N) is 1. The van der Waals surface area contributed by atoms with Crippen LogP contribution < -0.4 is 20.1 Å². The van der Waals surface area contributed by atoms with E-state index in [1.54, 1.807) is 0 Å². The topological polar surface area (TPSA) is 60.9 Å². The van der Waals surface area contributed by atoms with Gasteiger partial charge in [0.05, 0.1) is 17.9 Å². The number of furan rings is 1. The quantitative estimate of drug-likeness (QED) is 0.872. The molecule has 5 nitrogen and oxygen atoms in total. The van der Waals surface area contributed by atoms with E-state index in [1.165, 1.54) is 0 Å². The van der Waals surface area contributed by atoms with Crippen LogP contribution in [0.25, 0.3) is 0 Å². The third kappa shape index (κ3) is 2.39. The van der Waals surface area contributed by atoms with E-state index in [9.17, 15) is 0 Å². The average molecular weight is 274 g/mol. The molecule has 1 aromatic carbocycles. The van der Waals surface area contributed by atoms with Gasteiger partial charge in [-0.2, -0.15) is 0 Å². The first kappa shape index (κ1) is 12.7. The predicted octanol–water partition coefficient (Wildman–Crippen LogP) is 2.58. The van der Waals surface area contributed by atoms with Crippen LogP contribution in [-0.2, 0) is 6.54 Å². The lowest BCUT2D eigenvalue weighted by Gasteiger charge is -2.24. The number of rotatable bonds is 3. The second kappa shape index (κ2) is 5.00. The Bertz CT molecular complexity index is 622. The summed E-state index contributed by atoms with van der Waals surface area (Å²) in [5.74, 6) is 3.26. The number of anilines is 2. The lowest BCUT2D eigenvalue weighted by molar-refractivity contribution is 0.172. The van der Waals surface area contributed by atoms with Crippen LogP contribution in [0.1, 0.15) is 11.5 Å². The largest absolute Gasteiger partial charge is 0.486 e. The first-order valence-corrected chi connectivity index (χ1v) is 6.59. The number of ether oxygens (including phenoxy) is 2. The summed E-state index contributed by atoms with van der Waals surface area (Å²) in [6.45, 7) is 3.71. The van der Waals surface area contributed by atoms with E-state index < -0.39 is 0 Å². The summed E-state index contributed by atoms with van der Waals surface area (Å²) in [6.07, 6.45) is 0. The summed E-state index contributed by atoms with van der Waals surface area (Å²) >= 11 is 0. The maximum atomic E-state index is 6.10. The summed E-state index contributed by atoms with van der Waals surface area (Å²) in [4.78, 5) is 2.03. The first-order chi connectivity index (χ1) is 9.63. The van der Waals surface area contributed by atoms with Crippen LogP contribution in [-0.4, -0.2) is 20.3 Å². The maximum absolute atomic E-state index is 6.10. The Morgan fingerprint density at radius 2 is 1.85 bits per heavy atom. The van der Waals surface area contributed by atoms with Gasteiger partial charge in [0.2, 0.25) is 0 Å². The molecule has 5 heteroatoms. The molecule has 0 aliphatic carbocycles. The van der Waals surface area contributed by atoms with E-state index in [-0.39, 0.29) is 0 Å². The fourth-order valence-electron chi connectivity index (χ4n) is 2.31. The SMILES string of the molecule is Cc1ccc(CN(C)c2cc3c(cc2N)OCCO3)o1. The van der Waals surface area contributed by atoms with Crippen molar-refractivity contribution >= 4 is 11.4 Å². The highest BCUT2D eigenvalue weighted by Crippen LogP contribution is 2.38. The summed E-state index contributed by atoms with van der Waals surface area (Å²) < 4.78 is 16.7. The number of nitrogens with two attached hydrogens (primary N) is 1. The van der Waals surface area contributed by atoms with Crippen LogP contribution >= 0.6 is 0 Å². The number of nitrogen functional groups attached to an aromatic ring is 1. The molecule has 0 saturated carbocycles. The van der Waals surface area contributed by atoms with Crippen molar-refractivity contribution in [2.45, 2.75) is 13.5 Å². The van der Waals surface area contributed by atoms with E-state index in [2.05, 4.69) is 0 Å². The lowest BCUT2D eigenvalue weighted by atomic mass is 10.2. The molecular formula is C15H18N2O3. The minimum absolute atomic E-state index is 0.563. The van der Waals surface area contributed by atoms with Gasteiger partial charge in [0.1, 0.15) is 24.7 Å². The molecule has 0 saturated heterocycles.